The summed E-state index contributed by atoms with van der Waals surface area (Å²) < 4.78 is 0. The molecule has 0 aromatic carbocycles. The van der Waals surface area contributed by atoms with Gasteiger partial charge in [-0.25, -0.2) is 0 Å². The molecule has 0 spiro atoms. The Morgan fingerprint density at radius 3 is 2.77 bits per heavy atom. The van der Waals surface area contributed by atoms with Crippen molar-refractivity contribution in [2.75, 3.05) is 0 Å². The summed E-state index contributed by atoms with van der Waals surface area (Å²) in [5.41, 5.74) is 2.08. The molecule has 2 nitrogen and oxygen atoms in total. The van der Waals surface area contributed by atoms with Crippen LogP contribution in [0.15, 0.2) is 11.1 Å². The van der Waals surface area contributed by atoms with Crippen LogP contribution in [0.4, 0.5) is 0 Å². The van der Waals surface area contributed by atoms with Gasteiger partial charge in [0.05, 0.1) is 0 Å². The SMILES string of the molecule is C#C[C@]1(O)CC[C@H]2[C@H]3CCC4=C(CCC(=O)C4)[C@@H]3CC[C@@]21C. The molecule has 0 aromatic rings. The van der Waals surface area contributed by atoms with Gasteiger partial charge in [0.25, 0.3) is 0 Å². The summed E-state index contributed by atoms with van der Waals surface area (Å²) in [6, 6.07) is 0. The highest BCUT2D eigenvalue weighted by Gasteiger charge is 2.61. The molecule has 0 heterocycles. The van der Waals surface area contributed by atoms with Crippen LogP contribution >= 0.6 is 0 Å². The van der Waals surface area contributed by atoms with Gasteiger partial charge in [0.15, 0.2) is 0 Å². The highest BCUT2D eigenvalue weighted by molar-refractivity contribution is 5.82. The maximum atomic E-state index is 11.7. The van der Waals surface area contributed by atoms with Crippen LogP contribution in [0.1, 0.15) is 64.7 Å². The van der Waals surface area contributed by atoms with E-state index in [0.29, 0.717) is 23.5 Å². The van der Waals surface area contributed by atoms with E-state index >= 15 is 0 Å². The molecule has 4 rings (SSSR count). The van der Waals surface area contributed by atoms with Crippen LogP contribution in [0.2, 0.25) is 0 Å². The number of ketones is 1. The third-order valence-electron chi connectivity index (χ3n) is 7.59. The summed E-state index contributed by atoms with van der Waals surface area (Å²) in [6.45, 7) is 2.23. The van der Waals surface area contributed by atoms with Gasteiger partial charge in [0.1, 0.15) is 11.4 Å². The minimum Gasteiger partial charge on any atom is -0.377 e. The average molecular weight is 298 g/mol. The molecule has 2 heteroatoms. The van der Waals surface area contributed by atoms with Crippen LogP contribution in [0, 0.1) is 35.5 Å². The third-order valence-corrected chi connectivity index (χ3v) is 7.59. The first-order valence-electron chi connectivity index (χ1n) is 8.91. The van der Waals surface area contributed by atoms with Crippen molar-refractivity contribution in [2.24, 2.45) is 23.2 Å². The maximum absolute atomic E-state index is 11.7. The summed E-state index contributed by atoms with van der Waals surface area (Å²) in [7, 11) is 0. The van der Waals surface area contributed by atoms with E-state index in [-0.39, 0.29) is 5.41 Å². The predicted octanol–water partition coefficient (Wildman–Crippen LogP) is 3.64. The number of fused-ring (bicyclic) bond motifs is 4. The van der Waals surface area contributed by atoms with E-state index in [1.165, 1.54) is 12.0 Å². The highest BCUT2D eigenvalue weighted by atomic mass is 16.3. The molecular weight excluding hydrogens is 272 g/mol. The van der Waals surface area contributed by atoms with Crippen LogP contribution in [0.25, 0.3) is 0 Å². The van der Waals surface area contributed by atoms with Gasteiger partial charge >= 0.3 is 0 Å². The van der Waals surface area contributed by atoms with Crippen molar-refractivity contribution < 1.29 is 9.90 Å². The Kier molecular flexibility index (Phi) is 3.11. The Morgan fingerprint density at radius 1 is 1.18 bits per heavy atom. The Morgan fingerprint density at radius 2 is 2.00 bits per heavy atom. The van der Waals surface area contributed by atoms with Crippen LogP contribution in [0.5, 0.6) is 0 Å². The zero-order chi connectivity index (χ0) is 15.5. The number of Topliss-reactive ketones (excluding diaryl/α,β-unsaturated/α-hetero) is 1. The number of carbonyl (C=O) groups is 1. The van der Waals surface area contributed by atoms with Gasteiger partial charge in [0.2, 0.25) is 0 Å². The maximum Gasteiger partial charge on any atom is 0.137 e. The van der Waals surface area contributed by atoms with Crippen molar-refractivity contribution in [3.05, 3.63) is 11.1 Å². The Balaban J connectivity index is 1.67. The Hall–Kier alpha value is -1.07. The zero-order valence-electron chi connectivity index (χ0n) is 13.5. The van der Waals surface area contributed by atoms with E-state index in [1.54, 1.807) is 5.57 Å². The van der Waals surface area contributed by atoms with Crippen molar-refractivity contribution in [3.8, 4) is 12.3 Å². The van der Waals surface area contributed by atoms with Crippen molar-refractivity contribution in [3.63, 3.8) is 0 Å². The number of allylic oxidation sites excluding steroid dienone is 2. The van der Waals surface area contributed by atoms with Crippen molar-refractivity contribution in [1.29, 1.82) is 0 Å². The number of aliphatic hydroxyl groups is 1. The summed E-state index contributed by atoms with van der Waals surface area (Å²) in [5.74, 6) is 5.06. The first-order valence-corrected chi connectivity index (χ1v) is 8.91. The van der Waals surface area contributed by atoms with E-state index in [0.717, 1.165) is 51.4 Å². The molecule has 4 aliphatic rings. The second-order valence-electron chi connectivity index (χ2n) is 8.26. The van der Waals surface area contributed by atoms with Gasteiger partial charge in [-0.1, -0.05) is 24.0 Å². The minimum absolute atomic E-state index is 0.106. The third kappa shape index (κ3) is 1.75. The normalized spacial score (nSPS) is 47.5. The Bertz CT molecular complexity index is 595. The topological polar surface area (TPSA) is 37.3 Å². The molecule has 5 atom stereocenters. The molecule has 0 amide bonds. The van der Waals surface area contributed by atoms with E-state index in [9.17, 15) is 9.90 Å². The fourth-order valence-corrected chi connectivity index (χ4v) is 6.30. The molecule has 0 aliphatic heterocycles. The van der Waals surface area contributed by atoms with E-state index in [2.05, 4.69) is 12.8 Å². The van der Waals surface area contributed by atoms with E-state index in [4.69, 9.17) is 6.42 Å². The molecule has 0 bridgehead atoms. The second kappa shape index (κ2) is 4.71. The van der Waals surface area contributed by atoms with Crippen molar-refractivity contribution in [2.45, 2.75) is 70.3 Å². The molecule has 2 saturated carbocycles. The molecule has 1 N–H and O–H groups in total. The predicted molar refractivity (Wildman–Crippen MR) is 85.9 cm³/mol. The van der Waals surface area contributed by atoms with E-state index in [1.807, 2.05) is 0 Å². The first-order chi connectivity index (χ1) is 10.5. The Labute approximate surface area is 133 Å². The van der Waals surface area contributed by atoms with Crippen LogP contribution in [-0.2, 0) is 4.79 Å². The van der Waals surface area contributed by atoms with Gasteiger partial charge in [-0.05, 0) is 62.7 Å². The summed E-state index contributed by atoms with van der Waals surface area (Å²) in [6.07, 6.45) is 14.5. The molecule has 0 saturated heterocycles. The number of rotatable bonds is 0. The highest BCUT2D eigenvalue weighted by Crippen LogP contribution is 2.64. The van der Waals surface area contributed by atoms with Crippen molar-refractivity contribution >= 4 is 5.78 Å². The fraction of sp³-hybridized carbons (Fsp3) is 0.750. The molecular formula is C20H26O2. The lowest BCUT2D eigenvalue weighted by molar-refractivity contribution is -0.119. The summed E-state index contributed by atoms with van der Waals surface area (Å²) in [4.78, 5) is 11.7. The molecule has 22 heavy (non-hydrogen) atoms. The van der Waals surface area contributed by atoms with Gasteiger partial charge in [-0.2, -0.15) is 0 Å². The monoisotopic (exact) mass is 298 g/mol. The number of hydrogen-bond acceptors (Lipinski definition) is 2. The fourth-order valence-electron chi connectivity index (χ4n) is 6.30. The number of carbonyl (C=O) groups excluding carboxylic acids is 1. The van der Waals surface area contributed by atoms with Crippen LogP contribution in [-0.4, -0.2) is 16.5 Å². The molecule has 2 fully saturated rings. The van der Waals surface area contributed by atoms with Gasteiger partial charge < -0.3 is 5.11 Å². The molecule has 4 aliphatic carbocycles. The smallest absolute Gasteiger partial charge is 0.137 e. The second-order valence-corrected chi connectivity index (χ2v) is 8.26. The number of terminal acetylenes is 1. The van der Waals surface area contributed by atoms with Gasteiger partial charge in [0, 0.05) is 18.3 Å². The van der Waals surface area contributed by atoms with E-state index < -0.39 is 5.60 Å². The molecule has 0 radical (unpaired) electrons. The largest absolute Gasteiger partial charge is 0.377 e. The lowest BCUT2D eigenvalue weighted by atomic mass is 9.52. The van der Waals surface area contributed by atoms with Crippen molar-refractivity contribution in [1.82, 2.24) is 0 Å². The average Bonchev–Trinajstić information content (AvgIpc) is 2.79. The lowest BCUT2D eigenvalue weighted by Gasteiger charge is -2.53. The molecule has 0 aromatic heterocycles. The standard InChI is InChI=1S/C20H26O2/c1-3-20(22)11-9-18-17-6-4-13-12-14(21)5-7-15(13)16(17)8-10-19(18,20)2/h1,16-18,22H,4-12H2,2H3/t16-,17-,18-,19-,20-/m0/s1. The first kappa shape index (κ1) is 14.5. The summed E-state index contributed by atoms with van der Waals surface area (Å²) >= 11 is 0. The zero-order valence-corrected chi connectivity index (χ0v) is 13.5. The lowest BCUT2D eigenvalue weighted by Crippen LogP contribution is -2.50. The minimum atomic E-state index is -0.903. The van der Waals surface area contributed by atoms with Crippen LogP contribution < -0.4 is 0 Å². The quantitative estimate of drug-likeness (QED) is 0.547. The van der Waals surface area contributed by atoms with Crippen LogP contribution in [0.3, 0.4) is 0 Å². The van der Waals surface area contributed by atoms with Gasteiger partial charge in [-0.3, -0.25) is 4.79 Å². The molecule has 0 unspecified atom stereocenters. The molecule has 118 valence electrons. The number of hydrogen-bond donors (Lipinski definition) is 1. The summed E-state index contributed by atoms with van der Waals surface area (Å²) in [5, 5.41) is 10.9. The van der Waals surface area contributed by atoms with Gasteiger partial charge in [-0.15, -0.1) is 6.42 Å².